The Morgan fingerprint density at radius 2 is 0.440 bits per heavy atom. The third-order valence-electron chi connectivity index (χ3n) is 19.6. The van der Waals surface area contributed by atoms with Crippen molar-refractivity contribution in [3.63, 3.8) is 0 Å². The molecule has 6 heterocycles. The molecule has 0 spiro atoms. The Hall–Kier alpha value is -12.1. The molecule has 0 unspecified atom stereocenters. The highest BCUT2D eigenvalue weighted by Gasteiger charge is 2.26. The number of nitrogens with zero attached hydrogens (tertiary/aromatic N) is 6. The minimum absolute atomic E-state index is 0.685. The molecule has 0 saturated heterocycles. The van der Waals surface area contributed by atoms with Crippen molar-refractivity contribution in [3.8, 4) is 39.6 Å². The standard InChI is InChI=1S/C85H54N6/c1-4-22-57(23-5-1)87-75-35-17-11-29-63(75)69-45-44-68-62-28-10-16-34-74(62)86(80(68)81(69)87)53-54-40-42-55(43-41-54)56-50-60(90-78-38-20-14-32-66(78)72-48-46-70-64-30-12-18-36-76(64)88(82(70)84(72)90)58-24-6-2-7-25-58)52-61(51-56)91-79-39-21-15-33-67(79)73-49-47-71-65-31-13-19-37-77(65)89(83(71)85(73)91)59-26-8-3-9-27-59/h1-52H,53H2. The molecule has 0 radical (unpaired) electrons. The maximum Gasteiger partial charge on any atom is 0.0788 e. The van der Waals surface area contributed by atoms with Crippen molar-refractivity contribution >= 4 is 131 Å². The van der Waals surface area contributed by atoms with Crippen LogP contribution in [0.4, 0.5) is 0 Å². The Labute approximate surface area is 522 Å². The molecule has 0 saturated carbocycles. The van der Waals surface area contributed by atoms with Crippen LogP contribution in [0.3, 0.4) is 0 Å². The number of hydrogen-bond donors (Lipinski definition) is 0. The molecule has 0 bridgehead atoms. The van der Waals surface area contributed by atoms with Crippen LogP contribution < -0.4 is 0 Å². The quantitative estimate of drug-likeness (QED) is 0.145. The second-order valence-corrected chi connectivity index (χ2v) is 24.4. The predicted molar refractivity (Wildman–Crippen MR) is 382 cm³/mol. The first kappa shape index (κ1) is 49.9. The first-order valence-corrected chi connectivity index (χ1v) is 31.5. The SMILES string of the molecule is c1ccc(-n2c3ccccc3c3ccc4c5ccccc5n(Cc5ccc(-c6cc(-n7c8ccccc8c8ccc9c%10ccccc%10n(-c%10ccccc%10)c9c87)cc(-n7c8ccccc8c8ccc9c%10ccccc%10n(-c%10ccccc%10)c9c87)c6)cc5)c4c32)cc1. The fraction of sp³-hybridized carbons (Fsp3) is 0.0118. The number of rotatable bonds is 8. The Morgan fingerprint density at radius 1 is 0.176 bits per heavy atom. The van der Waals surface area contributed by atoms with Crippen molar-refractivity contribution in [2.45, 2.75) is 6.54 Å². The first-order chi connectivity index (χ1) is 45.2. The molecule has 6 nitrogen and oxygen atoms in total. The van der Waals surface area contributed by atoms with E-state index in [1.54, 1.807) is 0 Å². The fourth-order valence-electron chi connectivity index (χ4n) is 15.8. The zero-order chi connectivity index (χ0) is 59.4. The first-order valence-electron chi connectivity index (χ1n) is 31.5. The number of fused-ring (bicyclic) bond motifs is 21. The van der Waals surface area contributed by atoms with E-state index in [0.717, 1.165) is 61.6 Å². The van der Waals surface area contributed by atoms with Gasteiger partial charge in [-0.15, -0.1) is 0 Å². The highest BCUT2D eigenvalue weighted by molar-refractivity contribution is 6.27. The topological polar surface area (TPSA) is 29.6 Å². The normalized spacial score (nSPS) is 12.2. The van der Waals surface area contributed by atoms with E-state index in [4.69, 9.17) is 0 Å². The van der Waals surface area contributed by atoms with Crippen LogP contribution >= 0.6 is 0 Å². The van der Waals surface area contributed by atoms with Crippen LogP contribution in [-0.2, 0) is 6.54 Å². The van der Waals surface area contributed by atoms with Crippen molar-refractivity contribution in [2.24, 2.45) is 0 Å². The van der Waals surface area contributed by atoms with Crippen molar-refractivity contribution in [1.29, 1.82) is 0 Å². The monoisotopic (exact) mass is 1160 g/mol. The minimum Gasteiger partial charge on any atom is -0.334 e. The molecule has 0 aliphatic carbocycles. The number of hydrogen-bond acceptors (Lipinski definition) is 0. The lowest BCUT2D eigenvalue weighted by atomic mass is 10.0. The predicted octanol–water partition coefficient (Wildman–Crippen LogP) is 22.0. The lowest BCUT2D eigenvalue weighted by molar-refractivity contribution is 0.870. The maximum absolute atomic E-state index is 2.56. The van der Waals surface area contributed by atoms with Gasteiger partial charge in [0.25, 0.3) is 0 Å². The zero-order valence-corrected chi connectivity index (χ0v) is 49.4. The van der Waals surface area contributed by atoms with E-state index < -0.39 is 0 Å². The van der Waals surface area contributed by atoms with Crippen LogP contribution in [0.2, 0.25) is 0 Å². The number of para-hydroxylation sites is 9. The highest BCUT2D eigenvalue weighted by Crippen LogP contribution is 2.47. The molecule has 20 rings (SSSR count). The summed E-state index contributed by atoms with van der Waals surface area (Å²) in [5.41, 5.74) is 23.2. The molecule has 0 aliphatic rings. The van der Waals surface area contributed by atoms with E-state index in [-0.39, 0.29) is 0 Å². The molecule has 424 valence electrons. The van der Waals surface area contributed by atoms with Crippen LogP contribution in [-0.4, -0.2) is 27.4 Å². The lowest BCUT2D eigenvalue weighted by Crippen LogP contribution is -2.03. The minimum atomic E-state index is 0.685. The summed E-state index contributed by atoms with van der Waals surface area (Å²) < 4.78 is 15.1. The van der Waals surface area contributed by atoms with Crippen molar-refractivity contribution in [1.82, 2.24) is 27.4 Å². The molecule has 14 aromatic carbocycles. The van der Waals surface area contributed by atoms with Gasteiger partial charge in [-0.3, -0.25) is 0 Å². The molecule has 91 heavy (non-hydrogen) atoms. The van der Waals surface area contributed by atoms with Gasteiger partial charge in [0.1, 0.15) is 0 Å². The van der Waals surface area contributed by atoms with Crippen molar-refractivity contribution in [2.75, 3.05) is 0 Å². The van der Waals surface area contributed by atoms with Gasteiger partial charge < -0.3 is 27.4 Å². The molecule has 0 amide bonds. The van der Waals surface area contributed by atoms with Crippen molar-refractivity contribution in [3.05, 3.63) is 321 Å². The summed E-state index contributed by atoms with van der Waals surface area (Å²) in [6.45, 7) is 0.685. The fourth-order valence-corrected chi connectivity index (χ4v) is 15.8. The molecule has 0 fully saturated rings. The highest BCUT2D eigenvalue weighted by atomic mass is 15.1. The van der Waals surface area contributed by atoms with Crippen molar-refractivity contribution < 1.29 is 0 Å². The molecule has 6 heteroatoms. The largest absolute Gasteiger partial charge is 0.334 e. The second-order valence-electron chi connectivity index (χ2n) is 24.4. The van der Waals surface area contributed by atoms with Gasteiger partial charge in [-0.05, 0) is 108 Å². The summed E-state index contributed by atoms with van der Waals surface area (Å²) in [7, 11) is 0. The molecule has 0 aliphatic heterocycles. The summed E-state index contributed by atoms with van der Waals surface area (Å²) >= 11 is 0. The average molecular weight is 1160 g/mol. The summed E-state index contributed by atoms with van der Waals surface area (Å²) in [5.74, 6) is 0. The van der Waals surface area contributed by atoms with Gasteiger partial charge >= 0.3 is 0 Å². The van der Waals surface area contributed by atoms with Crippen LogP contribution in [0, 0.1) is 0 Å². The van der Waals surface area contributed by atoms with Gasteiger partial charge in [0, 0.05) is 105 Å². The molecule has 0 N–H and O–H groups in total. The maximum atomic E-state index is 2.56. The molecule has 20 aromatic rings. The Kier molecular flexibility index (Phi) is 10.5. The van der Waals surface area contributed by atoms with E-state index >= 15 is 0 Å². The van der Waals surface area contributed by atoms with Crippen LogP contribution in [0.5, 0.6) is 0 Å². The van der Waals surface area contributed by atoms with Gasteiger partial charge in [-0.25, -0.2) is 0 Å². The van der Waals surface area contributed by atoms with Crippen LogP contribution in [0.25, 0.3) is 170 Å². The van der Waals surface area contributed by atoms with Gasteiger partial charge in [0.05, 0.1) is 60.7 Å². The lowest BCUT2D eigenvalue weighted by Gasteiger charge is -2.18. The number of aromatic nitrogens is 6. The van der Waals surface area contributed by atoms with Gasteiger partial charge in [-0.1, -0.05) is 224 Å². The summed E-state index contributed by atoms with van der Waals surface area (Å²) in [4.78, 5) is 0. The van der Waals surface area contributed by atoms with Crippen LogP contribution in [0.15, 0.2) is 315 Å². The van der Waals surface area contributed by atoms with Gasteiger partial charge in [0.15, 0.2) is 0 Å². The van der Waals surface area contributed by atoms with E-state index in [2.05, 4.69) is 343 Å². The smallest absolute Gasteiger partial charge is 0.0788 e. The van der Waals surface area contributed by atoms with E-state index in [0.29, 0.717) is 6.54 Å². The Morgan fingerprint density at radius 3 is 0.780 bits per heavy atom. The van der Waals surface area contributed by atoms with E-state index in [9.17, 15) is 0 Å². The molecule has 0 atom stereocenters. The second kappa shape index (κ2) is 19.2. The van der Waals surface area contributed by atoms with E-state index in [1.807, 2.05) is 0 Å². The third kappa shape index (κ3) is 7.12. The van der Waals surface area contributed by atoms with Crippen LogP contribution in [0.1, 0.15) is 5.56 Å². The Balaban J connectivity index is 0.861. The third-order valence-corrected chi connectivity index (χ3v) is 19.6. The number of benzene rings is 14. The molecular weight excluding hydrogens is 1100 g/mol. The van der Waals surface area contributed by atoms with E-state index in [1.165, 1.54) is 114 Å². The van der Waals surface area contributed by atoms with Gasteiger partial charge in [-0.2, -0.15) is 0 Å². The summed E-state index contributed by atoms with van der Waals surface area (Å²) in [6, 6.07) is 117. The average Bonchev–Trinajstić information content (AvgIpc) is 1.57. The summed E-state index contributed by atoms with van der Waals surface area (Å²) in [6.07, 6.45) is 0. The van der Waals surface area contributed by atoms with Gasteiger partial charge in [0.2, 0.25) is 0 Å². The molecule has 6 aromatic heterocycles. The zero-order valence-electron chi connectivity index (χ0n) is 49.4. The molecular formula is C85H54N6. The summed E-state index contributed by atoms with van der Waals surface area (Å²) in [5, 5.41) is 14.7. The Bertz CT molecular complexity index is 6140.